The number of ether oxygens (including phenoxy) is 2. The molecule has 0 aliphatic carbocycles. The second kappa shape index (κ2) is 12.1. The van der Waals surface area contributed by atoms with E-state index in [1.165, 1.54) is 44.9 Å². The number of carbonyl (C=O) groups is 1. The lowest BCUT2D eigenvalue weighted by molar-refractivity contribution is 0.0734. The van der Waals surface area contributed by atoms with Gasteiger partial charge in [0.15, 0.2) is 0 Å². The summed E-state index contributed by atoms with van der Waals surface area (Å²) in [4.78, 5) is 16.0. The lowest BCUT2D eigenvalue weighted by Gasteiger charge is -2.07. The van der Waals surface area contributed by atoms with Crippen LogP contribution < -0.4 is 9.47 Å². The van der Waals surface area contributed by atoms with Gasteiger partial charge in [-0.05, 0) is 42.8 Å². The number of nitrogens with zero attached hydrogens (tertiary/aromatic N) is 1. The minimum Gasteiger partial charge on any atom is -0.494 e. The summed E-state index contributed by atoms with van der Waals surface area (Å²) < 4.78 is 11.0. The molecule has 2 aromatic rings. The first-order valence-corrected chi connectivity index (χ1v) is 9.64. The summed E-state index contributed by atoms with van der Waals surface area (Å²) in [7, 11) is 0. The Morgan fingerprint density at radius 2 is 1.42 bits per heavy atom. The molecular weight excluding hydrogens is 326 g/mol. The monoisotopic (exact) mass is 355 g/mol. The summed E-state index contributed by atoms with van der Waals surface area (Å²) >= 11 is 0. The number of aromatic nitrogens is 1. The van der Waals surface area contributed by atoms with Crippen LogP contribution >= 0.6 is 0 Å². The van der Waals surface area contributed by atoms with E-state index in [0.717, 1.165) is 18.8 Å². The summed E-state index contributed by atoms with van der Waals surface area (Å²) in [6, 6.07) is 10.4. The maximum Gasteiger partial charge on any atom is 0.343 e. The molecule has 0 bridgehead atoms. The first-order valence-electron chi connectivity index (χ1n) is 9.64. The van der Waals surface area contributed by atoms with Gasteiger partial charge < -0.3 is 9.47 Å². The van der Waals surface area contributed by atoms with E-state index in [1.54, 1.807) is 36.7 Å². The molecule has 0 aliphatic heterocycles. The van der Waals surface area contributed by atoms with Gasteiger partial charge in [0.05, 0.1) is 12.2 Å². The standard InChI is InChI=1S/C22H29NO3/c1-2-3-4-5-6-7-8-9-18-25-20-12-10-19(11-13-20)22(24)26-21-14-16-23-17-15-21/h10-17H,2-9,18H2,1H3. The van der Waals surface area contributed by atoms with Gasteiger partial charge in [0.25, 0.3) is 0 Å². The number of hydrogen-bond acceptors (Lipinski definition) is 4. The molecule has 0 atom stereocenters. The summed E-state index contributed by atoms with van der Waals surface area (Å²) in [6.45, 7) is 2.96. The fourth-order valence-corrected chi connectivity index (χ4v) is 2.69. The fourth-order valence-electron chi connectivity index (χ4n) is 2.69. The molecule has 0 unspecified atom stereocenters. The first kappa shape index (κ1) is 20.0. The van der Waals surface area contributed by atoms with Gasteiger partial charge in [-0.3, -0.25) is 4.98 Å². The molecule has 1 heterocycles. The minimum atomic E-state index is -0.383. The van der Waals surface area contributed by atoms with E-state index >= 15 is 0 Å². The third-order valence-electron chi connectivity index (χ3n) is 4.22. The number of carbonyl (C=O) groups excluding carboxylic acids is 1. The topological polar surface area (TPSA) is 48.4 Å². The van der Waals surface area contributed by atoms with E-state index < -0.39 is 0 Å². The van der Waals surface area contributed by atoms with Gasteiger partial charge in [0.2, 0.25) is 0 Å². The van der Waals surface area contributed by atoms with Crippen molar-refractivity contribution in [2.24, 2.45) is 0 Å². The highest BCUT2D eigenvalue weighted by atomic mass is 16.5. The Kier molecular flexibility index (Phi) is 9.26. The second-order valence-corrected chi connectivity index (χ2v) is 6.42. The SMILES string of the molecule is CCCCCCCCCCOc1ccc(C(=O)Oc2ccncc2)cc1. The molecule has 0 saturated carbocycles. The summed E-state index contributed by atoms with van der Waals surface area (Å²) in [5.41, 5.74) is 0.501. The van der Waals surface area contributed by atoms with Crippen molar-refractivity contribution < 1.29 is 14.3 Å². The molecule has 0 fully saturated rings. The quantitative estimate of drug-likeness (QED) is 0.355. The van der Waals surface area contributed by atoms with Crippen molar-refractivity contribution in [3.63, 3.8) is 0 Å². The number of benzene rings is 1. The summed E-state index contributed by atoms with van der Waals surface area (Å²) in [5.74, 6) is 0.888. The van der Waals surface area contributed by atoms with E-state index in [0.29, 0.717) is 11.3 Å². The molecule has 140 valence electrons. The van der Waals surface area contributed by atoms with Crippen LogP contribution in [0, 0.1) is 0 Å². The molecule has 4 heteroatoms. The molecule has 2 rings (SSSR count). The number of pyridine rings is 1. The molecule has 1 aromatic carbocycles. The van der Waals surface area contributed by atoms with Gasteiger partial charge in [-0.25, -0.2) is 4.79 Å². The van der Waals surface area contributed by atoms with E-state index in [1.807, 2.05) is 12.1 Å². The largest absolute Gasteiger partial charge is 0.494 e. The normalized spacial score (nSPS) is 10.5. The van der Waals surface area contributed by atoms with Crippen molar-refractivity contribution in [3.8, 4) is 11.5 Å². The number of esters is 1. The molecule has 0 spiro atoms. The van der Waals surface area contributed by atoms with E-state index in [9.17, 15) is 4.79 Å². The van der Waals surface area contributed by atoms with Gasteiger partial charge in [0, 0.05) is 12.4 Å². The van der Waals surface area contributed by atoms with E-state index in [4.69, 9.17) is 9.47 Å². The van der Waals surface area contributed by atoms with Crippen LogP contribution in [0.25, 0.3) is 0 Å². The molecule has 1 aromatic heterocycles. The van der Waals surface area contributed by atoms with Crippen molar-refractivity contribution in [2.45, 2.75) is 58.3 Å². The zero-order valence-electron chi connectivity index (χ0n) is 15.7. The smallest absolute Gasteiger partial charge is 0.343 e. The van der Waals surface area contributed by atoms with Crippen molar-refractivity contribution in [2.75, 3.05) is 6.61 Å². The third-order valence-corrected chi connectivity index (χ3v) is 4.22. The Hall–Kier alpha value is -2.36. The zero-order chi connectivity index (χ0) is 18.5. The Morgan fingerprint density at radius 3 is 2.08 bits per heavy atom. The van der Waals surface area contributed by atoms with Crippen LogP contribution in [-0.4, -0.2) is 17.6 Å². The molecule has 0 amide bonds. The van der Waals surface area contributed by atoms with Gasteiger partial charge in [-0.1, -0.05) is 51.9 Å². The number of unbranched alkanes of at least 4 members (excludes halogenated alkanes) is 7. The van der Waals surface area contributed by atoms with Crippen LogP contribution in [0.3, 0.4) is 0 Å². The van der Waals surface area contributed by atoms with Crippen LogP contribution in [0.5, 0.6) is 11.5 Å². The van der Waals surface area contributed by atoms with Gasteiger partial charge in [-0.2, -0.15) is 0 Å². The second-order valence-electron chi connectivity index (χ2n) is 6.42. The molecule has 0 N–H and O–H groups in total. The first-order chi connectivity index (χ1) is 12.8. The van der Waals surface area contributed by atoms with Gasteiger partial charge in [-0.15, -0.1) is 0 Å². The maximum atomic E-state index is 12.1. The van der Waals surface area contributed by atoms with Crippen molar-refractivity contribution in [3.05, 3.63) is 54.4 Å². The molecule has 0 aliphatic rings. The Balaban J connectivity index is 1.62. The van der Waals surface area contributed by atoms with Gasteiger partial charge in [0.1, 0.15) is 11.5 Å². The molecule has 0 radical (unpaired) electrons. The van der Waals surface area contributed by atoms with Crippen LogP contribution in [0.1, 0.15) is 68.6 Å². The number of rotatable bonds is 12. The molecular formula is C22H29NO3. The van der Waals surface area contributed by atoms with Crippen molar-refractivity contribution >= 4 is 5.97 Å². The van der Waals surface area contributed by atoms with Crippen molar-refractivity contribution in [1.82, 2.24) is 4.98 Å². The lowest BCUT2D eigenvalue weighted by Crippen LogP contribution is -2.08. The summed E-state index contributed by atoms with van der Waals surface area (Å²) in [5, 5.41) is 0. The maximum absolute atomic E-state index is 12.1. The van der Waals surface area contributed by atoms with Gasteiger partial charge >= 0.3 is 5.97 Å². The number of hydrogen-bond donors (Lipinski definition) is 0. The average Bonchev–Trinajstić information content (AvgIpc) is 2.68. The molecule has 26 heavy (non-hydrogen) atoms. The van der Waals surface area contributed by atoms with Crippen LogP contribution in [-0.2, 0) is 0 Å². The van der Waals surface area contributed by atoms with E-state index in [-0.39, 0.29) is 5.97 Å². The average molecular weight is 355 g/mol. The fraction of sp³-hybridized carbons (Fsp3) is 0.455. The Bertz CT molecular complexity index is 626. The molecule has 0 saturated heterocycles. The highest BCUT2D eigenvalue weighted by Gasteiger charge is 2.08. The Morgan fingerprint density at radius 1 is 0.808 bits per heavy atom. The highest BCUT2D eigenvalue weighted by Crippen LogP contribution is 2.16. The van der Waals surface area contributed by atoms with Crippen molar-refractivity contribution in [1.29, 1.82) is 0 Å². The van der Waals surface area contributed by atoms with Crippen LogP contribution in [0.2, 0.25) is 0 Å². The third kappa shape index (κ3) is 7.68. The summed E-state index contributed by atoms with van der Waals surface area (Å²) in [6.07, 6.45) is 13.4. The van der Waals surface area contributed by atoms with E-state index in [2.05, 4.69) is 11.9 Å². The molecule has 4 nitrogen and oxygen atoms in total. The predicted octanol–water partition coefficient (Wildman–Crippen LogP) is 5.82. The predicted molar refractivity (Wildman–Crippen MR) is 104 cm³/mol. The minimum absolute atomic E-state index is 0.383. The zero-order valence-corrected chi connectivity index (χ0v) is 15.7. The lowest BCUT2D eigenvalue weighted by atomic mass is 10.1. The Labute approximate surface area is 156 Å². The van der Waals surface area contributed by atoms with Crippen LogP contribution in [0.4, 0.5) is 0 Å². The highest BCUT2D eigenvalue weighted by molar-refractivity contribution is 5.91. The van der Waals surface area contributed by atoms with Crippen LogP contribution in [0.15, 0.2) is 48.8 Å².